The summed E-state index contributed by atoms with van der Waals surface area (Å²) in [6, 6.07) is 8.70. The molecule has 0 unspecified atom stereocenters. The maximum atomic E-state index is 13.4. The van der Waals surface area contributed by atoms with Crippen LogP contribution in [0.1, 0.15) is 11.3 Å². The van der Waals surface area contributed by atoms with Gasteiger partial charge in [0.15, 0.2) is 0 Å². The minimum Gasteiger partial charge on any atom is -0.314 e. The van der Waals surface area contributed by atoms with Gasteiger partial charge in [0.2, 0.25) is 0 Å². The second-order valence-electron chi connectivity index (χ2n) is 3.60. The molecule has 0 aliphatic carbocycles. The number of aromatic nitrogens is 2. The molecule has 0 fully saturated rings. The van der Waals surface area contributed by atoms with Crippen molar-refractivity contribution >= 4 is 0 Å². The molecule has 0 spiro atoms. The average Bonchev–Trinajstić information content (AvgIpc) is 2.70. The van der Waals surface area contributed by atoms with E-state index in [9.17, 15) is 4.39 Å². The molecule has 2 rings (SSSR count). The maximum Gasteiger partial charge on any atom is 0.128 e. The van der Waals surface area contributed by atoms with Gasteiger partial charge >= 0.3 is 0 Å². The first-order valence-corrected chi connectivity index (χ1v) is 5.20. The zero-order valence-electron chi connectivity index (χ0n) is 9.15. The third-order valence-electron chi connectivity index (χ3n) is 2.44. The molecule has 1 aromatic heterocycles. The molecule has 0 saturated heterocycles. The number of benzene rings is 1. The lowest BCUT2D eigenvalue weighted by Gasteiger charge is -2.07. The van der Waals surface area contributed by atoms with Crippen LogP contribution in [-0.4, -0.2) is 16.8 Å². The van der Waals surface area contributed by atoms with Gasteiger partial charge in [-0.15, -0.1) is 0 Å². The zero-order valence-corrected chi connectivity index (χ0v) is 9.15. The van der Waals surface area contributed by atoms with Crippen LogP contribution in [0.15, 0.2) is 36.5 Å². The van der Waals surface area contributed by atoms with Crippen LogP contribution in [0.5, 0.6) is 0 Å². The molecular formula is C12H14FN3. The first-order chi connectivity index (χ1) is 7.81. The van der Waals surface area contributed by atoms with E-state index in [1.807, 2.05) is 19.2 Å². The molecular weight excluding hydrogens is 205 g/mol. The van der Waals surface area contributed by atoms with Crippen LogP contribution in [0.4, 0.5) is 4.39 Å². The van der Waals surface area contributed by atoms with E-state index in [0.717, 1.165) is 12.2 Å². The molecule has 0 saturated carbocycles. The molecule has 0 aliphatic rings. The van der Waals surface area contributed by atoms with Crippen LogP contribution in [0.25, 0.3) is 0 Å². The van der Waals surface area contributed by atoms with Gasteiger partial charge in [0.1, 0.15) is 5.82 Å². The Morgan fingerprint density at radius 3 is 2.88 bits per heavy atom. The standard InChI is InChI=1S/C12H14FN3/c1-14-8-11-6-7-15-16(11)9-10-4-2-3-5-12(10)13/h2-7,14H,8-9H2,1H3. The Bertz CT molecular complexity index is 465. The predicted molar refractivity (Wildman–Crippen MR) is 60.5 cm³/mol. The van der Waals surface area contributed by atoms with E-state index in [1.165, 1.54) is 6.07 Å². The van der Waals surface area contributed by atoms with Crippen LogP contribution in [0, 0.1) is 5.82 Å². The summed E-state index contributed by atoms with van der Waals surface area (Å²) in [5.41, 5.74) is 1.70. The molecule has 0 atom stereocenters. The molecule has 4 heteroatoms. The van der Waals surface area contributed by atoms with Crippen molar-refractivity contribution < 1.29 is 4.39 Å². The summed E-state index contributed by atoms with van der Waals surface area (Å²) in [5, 5.41) is 7.24. The van der Waals surface area contributed by atoms with E-state index in [4.69, 9.17) is 0 Å². The van der Waals surface area contributed by atoms with Crippen LogP contribution in [-0.2, 0) is 13.1 Å². The summed E-state index contributed by atoms with van der Waals surface area (Å²) < 4.78 is 15.2. The zero-order chi connectivity index (χ0) is 11.4. The van der Waals surface area contributed by atoms with Gasteiger partial charge < -0.3 is 5.32 Å². The normalized spacial score (nSPS) is 10.6. The van der Waals surface area contributed by atoms with Crippen molar-refractivity contribution in [3.05, 3.63) is 53.6 Å². The Balaban J connectivity index is 2.20. The molecule has 3 nitrogen and oxygen atoms in total. The van der Waals surface area contributed by atoms with Crippen molar-refractivity contribution in [3.63, 3.8) is 0 Å². The van der Waals surface area contributed by atoms with Gasteiger partial charge in [-0.2, -0.15) is 5.10 Å². The lowest BCUT2D eigenvalue weighted by Crippen LogP contribution is -2.13. The Morgan fingerprint density at radius 1 is 1.31 bits per heavy atom. The van der Waals surface area contributed by atoms with Crippen molar-refractivity contribution in [1.82, 2.24) is 15.1 Å². The minimum atomic E-state index is -0.187. The highest BCUT2D eigenvalue weighted by molar-refractivity contribution is 5.18. The van der Waals surface area contributed by atoms with Gasteiger partial charge in [0.05, 0.1) is 12.2 Å². The summed E-state index contributed by atoms with van der Waals surface area (Å²) in [6.45, 7) is 1.20. The second kappa shape index (κ2) is 4.90. The van der Waals surface area contributed by atoms with Gasteiger partial charge in [-0.1, -0.05) is 18.2 Å². The maximum absolute atomic E-state index is 13.4. The van der Waals surface area contributed by atoms with Gasteiger partial charge in [0, 0.05) is 18.3 Å². The van der Waals surface area contributed by atoms with Crippen LogP contribution < -0.4 is 5.32 Å². The largest absolute Gasteiger partial charge is 0.314 e. The van der Waals surface area contributed by atoms with Crippen molar-refractivity contribution in [2.45, 2.75) is 13.1 Å². The van der Waals surface area contributed by atoms with Crippen molar-refractivity contribution in [2.24, 2.45) is 0 Å². The quantitative estimate of drug-likeness (QED) is 0.849. The number of hydrogen-bond donors (Lipinski definition) is 1. The first kappa shape index (κ1) is 10.8. The highest BCUT2D eigenvalue weighted by atomic mass is 19.1. The van der Waals surface area contributed by atoms with Gasteiger partial charge in [-0.05, 0) is 19.2 Å². The highest BCUT2D eigenvalue weighted by Gasteiger charge is 2.05. The molecule has 1 heterocycles. The summed E-state index contributed by atoms with van der Waals surface area (Å²) in [6.07, 6.45) is 1.73. The fraction of sp³-hybridized carbons (Fsp3) is 0.250. The lowest BCUT2D eigenvalue weighted by atomic mass is 10.2. The number of nitrogens with zero attached hydrogens (tertiary/aromatic N) is 2. The fourth-order valence-electron chi connectivity index (χ4n) is 1.62. The third-order valence-corrected chi connectivity index (χ3v) is 2.44. The van der Waals surface area contributed by atoms with Crippen molar-refractivity contribution in [2.75, 3.05) is 7.05 Å². The Labute approximate surface area is 93.9 Å². The molecule has 0 bridgehead atoms. The summed E-state index contributed by atoms with van der Waals surface area (Å²) in [7, 11) is 1.88. The van der Waals surface area contributed by atoms with Gasteiger partial charge in [-0.25, -0.2) is 4.39 Å². The van der Waals surface area contributed by atoms with E-state index < -0.39 is 0 Å². The summed E-state index contributed by atoms with van der Waals surface area (Å²) in [5.74, 6) is -0.187. The highest BCUT2D eigenvalue weighted by Crippen LogP contribution is 2.09. The van der Waals surface area contributed by atoms with E-state index in [-0.39, 0.29) is 5.82 Å². The third kappa shape index (κ3) is 2.28. The van der Waals surface area contributed by atoms with Gasteiger partial charge in [-0.3, -0.25) is 4.68 Å². The van der Waals surface area contributed by atoms with E-state index in [2.05, 4.69) is 10.4 Å². The Morgan fingerprint density at radius 2 is 2.12 bits per heavy atom. The smallest absolute Gasteiger partial charge is 0.128 e. The molecule has 0 aliphatic heterocycles. The first-order valence-electron chi connectivity index (χ1n) is 5.20. The predicted octanol–water partition coefficient (Wildman–Crippen LogP) is 1.79. The minimum absolute atomic E-state index is 0.187. The van der Waals surface area contributed by atoms with Crippen LogP contribution in [0.3, 0.4) is 0 Å². The number of hydrogen-bond acceptors (Lipinski definition) is 2. The monoisotopic (exact) mass is 219 g/mol. The van der Waals surface area contributed by atoms with Crippen molar-refractivity contribution in [1.29, 1.82) is 0 Å². The van der Waals surface area contributed by atoms with E-state index in [0.29, 0.717) is 12.1 Å². The average molecular weight is 219 g/mol. The number of nitrogens with one attached hydrogen (secondary N) is 1. The SMILES string of the molecule is CNCc1ccnn1Cc1ccccc1F. The summed E-state index contributed by atoms with van der Waals surface area (Å²) in [4.78, 5) is 0. The molecule has 2 aromatic rings. The molecule has 1 aromatic carbocycles. The summed E-state index contributed by atoms with van der Waals surface area (Å²) >= 11 is 0. The number of rotatable bonds is 4. The molecule has 1 N–H and O–H groups in total. The fourth-order valence-corrected chi connectivity index (χ4v) is 1.62. The van der Waals surface area contributed by atoms with Gasteiger partial charge in [0.25, 0.3) is 0 Å². The second-order valence-corrected chi connectivity index (χ2v) is 3.60. The lowest BCUT2D eigenvalue weighted by molar-refractivity contribution is 0.569. The molecule has 0 amide bonds. The van der Waals surface area contributed by atoms with E-state index >= 15 is 0 Å². The topological polar surface area (TPSA) is 29.9 Å². The van der Waals surface area contributed by atoms with Crippen LogP contribution in [0.2, 0.25) is 0 Å². The van der Waals surface area contributed by atoms with E-state index in [1.54, 1.807) is 23.0 Å². The number of halogens is 1. The molecule has 16 heavy (non-hydrogen) atoms. The van der Waals surface area contributed by atoms with Crippen LogP contribution >= 0.6 is 0 Å². The Kier molecular flexibility index (Phi) is 3.31. The molecule has 0 radical (unpaired) electrons. The molecule has 84 valence electrons. The Hall–Kier alpha value is -1.68. The van der Waals surface area contributed by atoms with Crippen molar-refractivity contribution in [3.8, 4) is 0 Å².